The number of nitrogens with one attached hydrogen (secondary N) is 4. The van der Waals surface area contributed by atoms with Gasteiger partial charge in [-0.05, 0) is 24.6 Å². The van der Waals surface area contributed by atoms with Crippen molar-refractivity contribution in [1.82, 2.24) is 24.7 Å². The third-order valence-corrected chi connectivity index (χ3v) is 4.60. The van der Waals surface area contributed by atoms with Crippen molar-refractivity contribution in [2.75, 3.05) is 23.4 Å². The first-order valence-corrected chi connectivity index (χ1v) is 10.6. The van der Waals surface area contributed by atoms with Crippen LogP contribution < -0.4 is 15.4 Å². The number of anilines is 3. The number of rotatable bonds is 9. The first kappa shape index (κ1) is 19.8. The van der Waals surface area contributed by atoms with Crippen LogP contribution >= 0.6 is 0 Å². The second-order valence-corrected chi connectivity index (χ2v) is 8.23. The van der Waals surface area contributed by atoms with E-state index in [9.17, 15) is 8.42 Å². The average molecular weight is 401 g/mol. The fourth-order valence-corrected chi connectivity index (χ4v) is 2.95. The van der Waals surface area contributed by atoms with Crippen LogP contribution in [-0.2, 0) is 23.0 Å². The lowest BCUT2D eigenvalue weighted by Crippen LogP contribution is -2.21. The number of imidazole rings is 1. The van der Waals surface area contributed by atoms with E-state index in [0.29, 0.717) is 12.5 Å². The Kier molecular flexibility index (Phi) is 6.22. The van der Waals surface area contributed by atoms with E-state index in [2.05, 4.69) is 35.3 Å². The van der Waals surface area contributed by atoms with Gasteiger partial charge in [-0.2, -0.15) is 4.98 Å². The predicted molar refractivity (Wildman–Crippen MR) is 109 cm³/mol. The summed E-state index contributed by atoms with van der Waals surface area (Å²) < 4.78 is 25.0. The van der Waals surface area contributed by atoms with Crippen molar-refractivity contribution in [1.29, 1.82) is 0 Å². The Bertz CT molecular complexity index is 1020. The number of hydrogen-bond acceptors (Lipinski definition) is 7. The Morgan fingerprint density at radius 2 is 2.07 bits per heavy atom. The van der Waals surface area contributed by atoms with Crippen molar-refractivity contribution in [3.05, 3.63) is 59.8 Å². The minimum atomic E-state index is -3.24. The van der Waals surface area contributed by atoms with E-state index in [1.54, 1.807) is 18.7 Å². The molecular weight excluding hydrogens is 378 g/mol. The molecule has 0 aliphatic rings. The number of sulfonamides is 1. The Morgan fingerprint density at radius 1 is 1.21 bits per heavy atom. The van der Waals surface area contributed by atoms with Gasteiger partial charge in [0.2, 0.25) is 16.0 Å². The van der Waals surface area contributed by atoms with Crippen molar-refractivity contribution >= 4 is 27.5 Å². The van der Waals surface area contributed by atoms with Gasteiger partial charge < -0.3 is 15.6 Å². The molecule has 0 aliphatic heterocycles. The molecule has 0 fully saturated rings. The largest absolute Gasteiger partial charge is 0.369 e. The van der Waals surface area contributed by atoms with Crippen molar-refractivity contribution in [3.8, 4) is 0 Å². The number of aromatic nitrogens is 4. The Labute approximate surface area is 164 Å². The lowest BCUT2D eigenvalue weighted by molar-refractivity contribution is 0.587. The molecule has 0 atom stereocenters. The van der Waals surface area contributed by atoms with Gasteiger partial charge in [-0.1, -0.05) is 12.1 Å². The summed E-state index contributed by atoms with van der Waals surface area (Å²) in [6, 6.07) is 7.42. The zero-order valence-electron chi connectivity index (χ0n) is 15.7. The smallest absolute Gasteiger partial charge is 0.229 e. The number of H-pyrrole nitrogens is 1. The van der Waals surface area contributed by atoms with E-state index in [-0.39, 0.29) is 6.54 Å². The zero-order valence-corrected chi connectivity index (χ0v) is 16.5. The summed E-state index contributed by atoms with van der Waals surface area (Å²) in [6.45, 7) is 2.88. The number of nitrogens with zero attached hydrogens (tertiary/aromatic N) is 3. The highest BCUT2D eigenvalue weighted by atomic mass is 32.2. The van der Waals surface area contributed by atoms with E-state index in [1.165, 1.54) is 0 Å². The minimum absolute atomic E-state index is 0.226. The first-order valence-electron chi connectivity index (χ1n) is 8.74. The molecule has 0 amide bonds. The van der Waals surface area contributed by atoms with Gasteiger partial charge in [-0.3, -0.25) is 0 Å². The van der Waals surface area contributed by atoms with Gasteiger partial charge in [0.15, 0.2) is 0 Å². The molecule has 28 heavy (non-hydrogen) atoms. The molecule has 9 nitrogen and oxygen atoms in total. The summed E-state index contributed by atoms with van der Waals surface area (Å²) in [7, 11) is -3.24. The highest BCUT2D eigenvalue weighted by Gasteiger charge is 2.06. The summed E-state index contributed by atoms with van der Waals surface area (Å²) in [4.78, 5) is 15.9. The van der Waals surface area contributed by atoms with Crippen LogP contribution in [-0.4, -0.2) is 41.2 Å². The molecule has 10 heteroatoms. The summed E-state index contributed by atoms with van der Waals surface area (Å²) in [5.74, 6) is 1.22. The van der Waals surface area contributed by atoms with Gasteiger partial charge in [0, 0.05) is 48.8 Å². The quantitative estimate of drug-likeness (QED) is 0.432. The molecule has 0 saturated carbocycles. The van der Waals surface area contributed by atoms with E-state index < -0.39 is 10.0 Å². The minimum Gasteiger partial charge on any atom is -0.369 e. The summed E-state index contributed by atoms with van der Waals surface area (Å²) in [5.41, 5.74) is 3.61. The maximum atomic E-state index is 11.3. The van der Waals surface area contributed by atoms with E-state index in [0.717, 1.165) is 41.0 Å². The lowest BCUT2D eigenvalue weighted by atomic mass is 10.2. The molecule has 148 valence electrons. The molecule has 0 radical (unpaired) electrons. The molecule has 1 aromatic carbocycles. The van der Waals surface area contributed by atoms with Crippen LogP contribution in [0.25, 0.3) is 0 Å². The maximum Gasteiger partial charge on any atom is 0.229 e. The molecule has 2 aromatic heterocycles. The van der Waals surface area contributed by atoms with Gasteiger partial charge >= 0.3 is 0 Å². The number of aryl methyl sites for hydroxylation is 1. The van der Waals surface area contributed by atoms with Crippen LogP contribution in [0.15, 0.2) is 43.0 Å². The van der Waals surface area contributed by atoms with Crippen LogP contribution in [0.4, 0.5) is 17.5 Å². The van der Waals surface area contributed by atoms with Crippen molar-refractivity contribution in [2.45, 2.75) is 19.9 Å². The van der Waals surface area contributed by atoms with Crippen LogP contribution in [0, 0.1) is 6.92 Å². The predicted octanol–water partition coefficient (Wildman–Crippen LogP) is 1.96. The van der Waals surface area contributed by atoms with Gasteiger partial charge in [0.05, 0.1) is 12.6 Å². The van der Waals surface area contributed by atoms with Crippen LogP contribution in [0.5, 0.6) is 0 Å². The maximum absolute atomic E-state index is 11.3. The molecule has 0 saturated heterocycles. The van der Waals surface area contributed by atoms with Crippen LogP contribution in [0.1, 0.15) is 16.8 Å². The van der Waals surface area contributed by atoms with Crippen LogP contribution in [0.3, 0.4) is 0 Å². The fraction of sp³-hybridized carbons (Fsp3) is 0.278. The molecule has 0 bridgehead atoms. The zero-order chi connectivity index (χ0) is 20.0. The molecular formula is C18H23N7O2S. The monoisotopic (exact) mass is 401 g/mol. The highest BCUT2D eigenvalue weighted by Crippen LogP contribution is 2.18. The Morgan fingerprint density at radius 3 is 2.82 bits per heavy atom. The van der Waals surface area contributed by atoms with Gasteiger partial charge in [-0.15, -0.1) is 0 Å². The van der Waals surface area contributed by atoms with E-state index in [4.69, 9.17) is 0 Å². The third kappa shape index (κ3) is 6.03. The highest BCUT2D eigenvalue weighted by molar-refractivity contribution is 7.88. The summed E-state index contributed by atoms with van der Waals surface area (Å²) in [6.07, 6.45) is 7.15. The number of benzene rings is 1. The molecule has 2 heterocycles. The molecule has 0 unspecified atom stereocenters. The Balaban J connectivity index is 1.64. The second-order valence-electron chi connectivity index (χ2n) is 6.40. The standard InChI is InChI=1S/C18H23N7O2S/c1-13-9-21-18(25-17(13)20-7-6-16-11-19-12-22-16)24-15-5-3-4-14(8-15)10-23-28(2,26)27/h3-5,8-9,11-12,23H,6-7,10H2,1-2H3,(H,19,22)(H2,20,21,24,25). The molecule has 3 aromatic rings. The molecule has 3 rings (SSSR count). The SMILES string of the molecule is Cc1cnc(Nc2cccc(CNS(C)(=O)=O)c2)nc1NCCc1cnc[nH]1. The fourth-order valence-electron chi connectivity index (χ4n) is 2.52. The lowest BCUT2D eigenvalue weighted by Gasteiger charge is -2.11. The Hall–Kier alpha value is -2.98. The average Bonchev–Trinajstić information content (AvgIpc) is 3.16. The number of aromatic amines is 1. The van der Waals surface area contributed by atoms with Crippen LogP contribution in [0.2, 0.25) is 0 Å². The van der Waals surface area contributed by atoms with Gasteiger partial charge in [0.25, 0.3) is 0 Å². The number of hydrogen-bond donors (Lipinski definition) is 4. The molecule has 0 aliphatic carbocycles. The molecule has 4 N–H and O–H groups in total. The van der Waals surface area contributed by atoms with Gasteiger partial charge in [0.1, 0.15) is 5.82 Å². The van der Waals surface area contributed by atoms with Crippen molar-refractivity contribution in [3.63, 3.8) is 0 Å². The normalized spacial score (nSPS) is 11.4. The molecule has 0 spiro atoms. The summed E-state index contributed by atoms with van der Waals surface area (Å²) in [5, 5.41) is 6.47. The first-order chi connectivity index (χ1) is 13.4. The van der Waals surface area contributed by atoms with Crippen molar-refractivity contribution < 1.29 is 8.42 Å². The van der Waals surface area contributed by atoms with E-state index >= 15 is 0 Å². The van der Waals surface area contributed by atoms with E-state index in [1.807, 2.05) is 31.2 Å². The summed E-state index contributed by atoms with van der Waals surface area (Å²) >= 11 is 0. The van der Waals surface area contributed by atoms with Crippen molar-refractivity contribution in [2.24, 2.45) is 0 Å². The second kappa shape index (κ2) is 8.81. The third-order valence-electron chi connectivity index (χ3n) is 3.93. The van der Waals surface area contributed by atoms with Gasteiger partial charge in [-0.25, -0.2) is 23.1 Å². The topological polar surface area (TPSA) is 125 Å².